The van der Waals surface area contributed by atoms with E-state index in [1.807, 2.05) is 0 Å². The van der Waals surface area contributed by atoms with Gasteiger partial charge in [-0.25, -0.2) is 9.13 Å². The first-order valence-electron chi connectivity index (χ1n) is 37.1. The van der Waals surface area contributed by atoms with Gasteiger partial charge < -0.3 is 33.8 Å². The van der Waals surface area contributed by atoms with Gasteiger partial charge in [0.15, 0.2) is 12.2 Å². The maximum absolute atomic E-state index is 13.0. The fraction of sp³-hybridized carbons (Fsp3) is 0.944. The molecule has 0 aromatic carbocycles. The minimum absolute atomic E-state index is 0.106. The molecular weight excluding hydrogens is 1190 g/mol. The van der Waals surface area contributed by atoms with E-state index in [0.717, 1.165) is 102 Å². The Hall–Kier alpha value is -1.94. The molecule has 0 fully saturated rings. The molecule has 0 aromatic heterocycles. The van der Waals surface area contributed by atoms with Crippen LogP contribution in [0.5, 0.6) is 0 Å². The number of aliphatic hydroxyl groups excluding tert-OH is 1. The van der Waals surface area contributed by atoms with Gasteiger partial charge in [-0.3, -0.25) is 37.3 Å². The van der Waals surface area contributed by atoms with Crippen molar-refractivity contribution in [3.05, 3.63) is 0 Å². The molecule has 19 heteroatoms. The minimum atomic E-state index is -4.95. The van der Waals surface area contributed by atoms with Gasteiger partial charge in [-0.05, 0) is 31.6 Å². The molecule has 90 heavy (non-hydrogen) atoms. The molecule has 0 aromatic rings. The van der Waals surface area contributed by atoms with E-state index in [2.05, 4.69) is 34.6 Å². The fourth-order valence-electron chi connectivity index (χ4n) is 10.8. The van der Waals surface area contributed by atoms with Gasteiger partial charge in [-0.1, -0.05) is 317 Å². The summed E-state index contributed by atoms with van der Waals surface area (Å²) < 4.78 is 68.2. The summed E-state index contributed by atoms with van der Waals surface area (Å²) in [5.74, 6) is -1.37. The van der Waals surface area contributed by atoms with Crippen molar-refractivity contribution in [1.29, 1.82) is 0 Å². The van der Waals surface area contributed by atoms with E-state index in [-0.39, 0.29) is 25.7 Å². The molecule has 0 aliphatic rings. The standard InChI is InChI=1S/C71H138O17P2/c1-6-9-12-15-18-21-22-23-24-25-26-27-28-29-30-31-37-42-47-52-57-71(76)88-67(61-82-69(74)55-50-45-40-36-33-32-35-38-43-48-53-64(4)5)63-86-90(79,80)84-59-65(72)58-83-89(77,78)85-62-66(60-81-68(73)54-49-44-39-20-17-14-11-8-3)87-70(75)56-51-46-41-34-19-16-13-10-7-2/h64-67,72H,6-63H2,1-5H3,(H,77,78)(H,79,80)/t65-,66+,67+/m0/s1. The number of carbonyl (C=O) groups is 4. The van der Waals surface area contributed by atoms with Crippen LogP contribution in [0.3, 0.4) is 0 Å². The second kappa shape index (κ2) is 64.4. The van der Waals surface area contributed by atoms with Gasteiger partial charge in [0.1, 0.15) is 19.3 Å². The van der Waals surface area contributed by atoms with Gasteiger partial charge >= 0.3 is 39.5 Å². The van der Waals surface area contributed by atoms with E-state index in [1.165, 1.54) is 186 Å². The van der Waals surface area contributed by atoms with Gasteiger partial charge in [-0.15, -0.1) is 0 Å². The number of esters is 4. The van der Waals surface area contributed by atoms with Crippen molar-refractivity contribution in [2.75, 3.05) is 39.6 Å². The van der Waals surface area contributed by atoms with E-state index in [4.69, 9.17) is 37.0 Å². The largest absolute Gasteiger partial charge is 0.472 e. The first kappa shape index (κ1) is 88.1. The zero-order chi connectivity index (χ0) is 66.3. The van der Waals surface area contributed by atoms with Crippen molar-refractivity contribution in [1.82, 2.24) is 0 Å². The third-order valence-electron chi connectivity index (χ3n) is 16.5. The molecule has 534 valence electrons. The van der Waals surface area contributed by atoms with Crippen molar-refractivity contribution < 1.29 is 80.2 Å². The molecule has 0 heterocycles. The quantitative estimate of drug-likeness (QED) is 0.0222. The number of aliphatic hydroxyl groups is 1. The summed E-state index contributed by atoms with van der Waals surface area (Å²) >= 11 is 0. The predicted molar refractivity (Wildman–Crippen MR) is 363 cm³/mol. The zero-order valence-corrected chi connectivity index (χ0v) is 60.1. The SMILES string of the molecule is CCCCCCCCCCCCCCCCCCCCCCC(=O)O[C@H](COC(=O)CCCCCCCCCCCCC(C)C)COP(=O)(O)OC[C@@H](O)COP(=O)(O)OC[C@@H](COC(=O)CCCCCCCCCC)OC(=O)CCCCCCCCCCC. The van der Waals surface area contributed by atoms with Crippen molar-refractivity contribution >= 4 is 39.5 Å². The Kier molecular flexibility index (Phi) is 63.0. The number of phosphoric acid groups is 2. The van der Waals surface area contributed by atoms with Gasteiger partial charge in [-0.2, -0.15) is 0 Å². The molecule has 0 spiro atoms. The van der Waals surface area contributed by atoms with Crippen LogP contribution in [0.25, 0.3) is 0 Å². The third-order valence-corrected chi connectivity index (χ3v) is 18.4. The van der Waals surface area contributed by atoms with E-state index in [9.17, 15) is 43.2 Å². The molecule has 3 N–H and O–H groups in total. The summed E-state index contributed by atoms with van der Waals surface area (Å²) in [6.45, 7) is 7.20. The number of ether oxygens (including phenoxy) is 4. The second-order valence-corrected chi connectivity index (χ2v) is 29.0. The van der Waals surface area contributed by atoms with Crippen LogP contribution in [0.4, 0.5) is 0 Å². The molecule has 0 bridgehead atoms. The third kappa shape index (κ3) is 64.8. The number of carbonyl (C=O) groups excluding carboxylic acids is 4. The number of hydrogen-bond donors (Lipinski definition) is 3. The summed E-state index contributed by atoms with van der Waals surface area (Å²) in [6.07, 6.45) is 51.5. The first-order chi connectivity index (χ1) is 43.5. The van der Waals surface area contributed by atoms with Crippen molar-refractivity contribution in [3.8, 4) is 0 Å². The molecular formula is C71H138O17P2. The minimum Gasteiger partial charge on any atom is -0.462 e. The summed E-state index contributed by atoms with van der Waals surface area (Å²) in [4.78, 5) is 72.4. The van der Waals surface area contributed by atoms with Crippen molar-refractivity contribution in [2.45, 2.75) is 387 Å². The van der Waals surface area contributed by atoms with Gasteiger partial charge in [0.05, 0.1) is 26.4 Å². The Bertz CT molecular complexity index is 1740. The molecule has 0 aliphatic carbocycles. The van der Waals surface area contributed by atoms with E-state index >= 15 is 0 Å². The maximum atomic E-state index is 13.0. The van der Waals surface area contributed by atoms with Gasteiger partial charge in [0, 0.05) is 25.7 Å². The summed E-state index contributed by atoms with van der Waals surface area (Å²) in [5.41, 5.74) is 0. The Morgan fingerprint density at radius 3 is 0.756 bits per heavy atom. The van der Waals surface area contributed by atoms with Crippen molar-refractivity contribution in [3.63, 3.8) is 0 Å². The maximum Gasteiger partial charge on any atom is 0.472 e. The smallest absolute Gasteiger partial charge is 0.462 e. The lowest BCUT2D eigenvalue weighted by Gasteiger charge is -2.21. The molecule has 0 saturated carbocycles. The van der Waals surface area contributed by atoms with E-state index in [1.54, 1.807) is 0 Å². The van der Waals surface area contributed by atoms with E-state index < -0.39 is 97.5 Å². The Balaban J connectivity index is 5.16. The first-order valence-corrected chi connectivity index (χ1v) is 40.1. The monoisotopic (exact) mass is 1320 g/mol. The van der Waals surface area contributed by atoms with Crippen LogP contribution in [0.1, 0.15) is 369 Å². The highest BCUT2D eigenvalue weighted by Gasteiger charge is 2.30. The molecule has 5 atom stereocenters. The normalized spacial score (nSPS) is 14.1. The Labute approximate surface area is 549 Å². The Morgan fingerprint density at radius 1 is 0.300 bits per heavy atom. The summed E-state index contributed by atoms with van der Waals surface area (Å²) in [7, 11) is -9.89. The fourth-order valence-corrected chi connectivity index (χ4v) is 12.4. The molecule has 0 rings (SSSR count). The average Bonchev–Trinajstić information content (AvgIpc) is 3.47. The van der Waals surface area contributed by atoms with Crippen LogP contribution >= 0.6 is 15.6 Å². The summed E-state index contributed by atoms with van der Waals surface area (Å²) in [6, 6.07) is 0. The van der Waals surface area contributed by atoms with Gasteiger partial charge in [0.25, 0.3) is 0 Å². The zero-order valence-electron chi connectivity index (χ0n) is 58.3. The molecule has 0 saturated heterocycles. The lowest BCUT2D eigenvalue weighted by Crippen LogP contribution is -2.30. The predicted octanol–water partition coefficient (Wildman–Crippen LogP) is 20.5. The molecule has 0 radical (unpaired) electrons. The van der Waals surface area contributed by atoms with Crippen LogP contribution in [0, 0.1) is 5.92 Å². The second-order valence-electron chi connectivity index (χ2n) is 26.1. The number of phosphoric ester groups is 2. The number of unbranched alkanes of at least 4 members (excludes halogenated alkanes) is 43. The topological polar surface area (TPSA) is 237 Å². The number of hydrogen-bond acceptors (Lipinski definition) is 15. The highest BCUT2D eigenvalue weighted by molar-refractivity contribution is 7.47. The van der Waals surface area contributed by atoms with Crippen LogP contribution in [0.2, 0.25) is 0 Å². The molecule has 0 amide bonds. The van der Waals surface area contributed by atoms with E-state index in [0.29, 0.717) is 25.7 Å². The van der Waals surface area contributed by atoms with Crippen LogP contribution < -0.4 is 0 Å². The van der Waals surface area contributed by atoms with Crippen LogP contribution in [-0.2, 0) is 65.4 Å². The average molecular weight is 1330 g/mol. The van der Waals surface area contributed by atoms with Crippen LogP contribution in [-0.4, -0.2) is 96.7 Å². The molecule has 17 nitrogen and oxygen atoms in total. The molecule has 0 aliphatic heterocycles. The highest BCUT2D eigenvalue weighted by Crippen LogP contribution is 2.45. The molecule has 2 unspecified atom stereocenters. The highest BCUT2D eigenvalue weighted by atomic mass is 31.2. The Morgan fingerprint density at radius 2 is 0.511 bits per heavy atom. The summed E-state index contributed by atoms with van der Waals surface area (Å²) in [5, 5.41) is 10.6. The van der Waals surface area contributed by atoms with Crippen molar-refractivity contribution in [2.24, 2.45) is 5.92 Å². The van der Waals surface area contributed by atoms with Gasteiger partial charge in [0.2, 0.25) is 0 Å². The van der Waals surface area contributed by atoms with Crippen LogP contribution in [0.15, 0.2) is 0 Å². The number of rotatable bonds is 71. The lowest BCUT2D eigenvalue weighted by atomic mass is 10.0. The lowest BCUT2D eigenvalue weighted by molar-refractivity contribution is -0.161.